The van der Waals surface area contributed by atoms with Gasteiger partial charge in [-0.25, -0.2) is 4.39 Å². The number of nitrogens with zero attached hydrogens (tertiary/aromatic N) is 1. The average molecular weight is 412 g/mol. The largest absolute Gasteiger partial charge is 0.493 e. The molecule has 0 spiro atoms. The standard InChI is InChI=1S/C18H19BrFNO4/c1-21(10-12-4-6-16(23-2)17(8-12)24-3)18(22)11-25-15-7-5-13(19)9-14(15)20/h4-9H,10-11H2,1-3H3. The molecule has 2 aromatic rings. The van der Waals surface area contributed by atoms with E-state index in [0.29, 0.717) is 22.5 Å². The Kier molecular flexibility index (Phi) is 6.64. The van der Waals surface area contributed by atoms with Gasteiger partial charge in [-0.2, -0.15) is 0 Å². The molecule has 0 saturated carbocycles. The van der Waals surface area contributed by atoms with Crippen LogP contribution in [-0.2, 0) is 11.3 Å². The third-order valence-electron chi connectivity index (χ3n) is 3.54. The number of hydrogen-bond acceptors (Lipinski definition) is 4. The van der Waals surface area contributed by atoms with E-state index in [1.54, 1.807) is 39.5 Å². The van der Waals surface area contributed by atoms with Gasteiger partial charge >= 0.3 is 0 Å². The normalized spacial score (nSPS) is 10.3. The van der Waals surface area contributed by atoms with Crippen LogP contribution in [-0.4, -0.2) is 38.7 Å². The van der Waals surface area contributed by atoms with Crippen molar-refractivity contribution in [3.63, 3.8) is 0 Å². The number of rotatable bonds is 7. The van der Waals surface area contributed by atoms with Gasteiger partial charge in [0.1, 0.15) is 0 Å². The molecule has 0 unspecified atom stereocenters. The van der Waals surface area contributed by atoms with E-state index in [1.807, 2.05) is 6.07 Å². The van der Waals surface area contributed by atoms with Gasteiger partial charge in [-0.3, -0.25) is 4.79 Å². The van der Waals surface area contributed by atoms with E-state index in [2.05, 4.69) is 15.9 Å². The molecule has 0 aliphatic heterocycles. The summed E-state index contributed by atoms with van der Waals surface area (Å²) in [6.07, 6.45) is 0. The van der Waals surface area contributed by atoms with Crippen molar-refractivity contribution in [2.75, 3.05) is 27.9 Å². The fraction of sp³-hybridized carbons (Fsp3) is 0.278. The van der Waals surface area contributed by atoms with Gasteiger partial charge in [-0.05, 0) is 35.9 Å². The predicted octanol–water partition coefficient (Wildman–Crippen LogP) is 3.64. The van der Waals surface area contributed by atoms with Gasteiger partial charge in [0, 0.05) is 18.1 Å². The van der Waals surface area contributed by atoms with Gasteiger partial charge in [0.25, 0.3) is 5.91 Å². The van der Waals surface area contributed by atoms with Crippen LogP contribution in [0.2, 0.25) is 0 Å². The van der Waals surface area contributed by atoms with Crippen LogP contribution < -0.4 is 14.2 Å². The molecule has 0 fully saturated rings. The van der Waals surface area contributed by atoms with Gasteiger partial charge in [0.2, 0.25) is 0 Å². The molecular formula is C18H19BrFNO4. The molecule has 0 bridgehead atoms. The molecule has 25 heavy (non-hydrogen) atoms. The van der Waals surface area contributed by atoms with Crippen molar-refractivity contribution in [2.24, 2.45) is 0 Å². The summed E-state index contributed by atoms with van der Waals surface area (Å²) in [5.74, 6) is 0.459. The minimum atomic E-state index is -0.523. The molecule has 2 aromatic carbocycles. The quantitative estimate of drug-likeness (QED) is 0.697. The number of ether oxygens (including phenoxy) is 3. The number of methoxy groups -OCH3 is 2. The van der Waals surface area contributed by atoms with Crippen molar-refractivity contribution in [2.45, 2.75) is 6.54 Å². The lowest BCUT2D eigenvalue weighted by molar-refractivity contribution is -0.132. The molecule has 0 saturated heterocycles. The molecular weight excluding hydrogens is 393 g/mol. The molecule has 0 radical (unpaired) electrons. The lowest BCUT2D eigenvalue weighted by Crippen LogP contribution is -2.31. The van der Waals surface area contributed by atoms with E-state index in [1.165, 1.54) is 17.0 Å². The fourth-order valence-electron chi connectivity index (χ4n) is 2.18. The fourth-order valence-corrected chi connectivity index (χ4v) is 2.52. The Hall–Kier alpha value is -2.28. The maximum absolute atomic E-state index is 13.7. The summed E-state index contributed by atoms with van der Waals surface area (Å²) < 4.78 is 30.0. The van der Waals surface area contributed by atoms with Crippen molar-refractivity contribution in [1.29, 1.82) is 0 Å². The Labute approximate surface area is 154 Å². The SMILES string of the molecule is COc1ccc(CN(C)C(=O)COc2ccc(Br)cc2F)cc1OC. The van der Waals surface area contributed by atoms with Crippen LogP contribution in [0.15, 0.2) is 40.9 Å². The Morgan fingerprint density at radius 3 is 2.40 bits per heavy atom. The average Bonchev–Trinajstić information content (AvgIpc) is 2.60. The van der Waals surface area contributed by atoms with Crippen LogP contribution in [0.4, 0.5) is 4.39 Å². The van der Waals surface area contributed by atoms with Crippen LogP contribution in [0, 0.1) is 5.82 Å². The first kappa shape index (κ1) is 19.1. The zero-order valence-corrected chi connectivity index (χ0v) is 15.8. The predicted molar refractivity (Wildman–Crippen MR) is 95.6 cm³/mol. The molecule has 134 valence electrons. The molecule has 1 amide bonds. The number of benzene rings is 2. The van der Waals surface area contributed by atoms with E-state index in [9.17, 15) is 9.18 Å². The second-order valence-electron chi connectivity index (χ2n) is 5.30. The summed E-state index contributed by atoms with van der Waals surface area (Å²) in [6, 6.07) is 9.84. The third-order valence-corrected chi connectivity index (χ3v) is 4.03. The molecule has 7 heteroatoms. The smallest absolute Gasteiger partial charge is 0.260 e. The molecule has 0 heterocycles. The second-order valence-corrected chi connectivity index (χ2v) is 6.22. The highest BCUT2D eigenvalue weighted by molar-refractivity contribution is 9.10. The topological polar surface area (TPSA) is 48.0 Å². The van der Waals surface area contributed by atoms with Gasteiger partial charge in [0.05, 0.1) is 14.2 Å². The third kappa shape index (κ3) is 5.09. The van der Waals surface area contributed by atoms with Gasteiger partial charge < -0.3 is 19.1 Å². The highest BCUT2D eigenvalue weighted by Gasteiger charge is 2.13. The molecule has 0 aromatic heterocycles. The Bertz CT molecular complexity index is 754. The Balaban J connectivity index is 1.96. The minimum Gasteiger partial charge on any atom is -0.493 e. The van der Waals surface area contributed by atoms with Crippen LogP contribution in [0.3, 0.4) is 0 Å². The van der Waals surface area contributed by atoms with Crippen molar-refractivity contribution < 1.29 is 23.4 Å². The van der Waals surface area contributed by atoms with Gasteiger partial charge in [-0.15, -0.1) is 0 Å². The summed E-state index contributed by atoms with van der Waals surface area (Å²) in [7, 11) is 4.77. The summed E-state index contributed by atoms with van der Waals surface area (Å²) in [5, 5.41) is 0. The Morgan fingerprint density at radius 2 is 1.76 bits per heavy atom. The molecule has 0 atom stereocenters. The van der Waals surface area contributed by atoms with Crippen LogP contribution in [0.25, 0.3) is 0 Å². The van der Waals surface area contributed by atoms with Gasteiger partial charge in [0.15, 0.2) is 29.7 Å². The zero-order valence-electron chi connectivity index (χ0n) is 14.2. The molecule has 0 aliphatic rings. The van der Waals surface area contributed by atoms with Crippen molar-refractivity contribution in [3.8, 4) is 17.2 Å². The molecule has 0 aliphatic carbocycles. The lowest BCUT2D eigenvalue weighted by Gasteiger charge is -2.18. The molecule has 2 rings (SSSR count). The lowest BCUT2D eigenvalue weighted by atomic mass is 10.2. The maximum atomic E-state index is 13.7. The summed E-state index contributed by atoms with van der Waals surface area (Å²) in [6.45, 7) is 0.119. The van der Waals surface area contributed by atoms with E-state index in [4.69, 9.17) is 14.2 Å². The highest BCUT2D eigenvalue weighted by Crippen LogP contribution is 2.28. The monoisotopic (exact) mass is 411 g/mol. The zero-order chi connectivity index (χ0) is 18.4. The highest BCUT2D eigenvalue weighted by atomic mass is 79.9. The van der Waals surface area contributed by atoms with E-state index in [0.717, 1.165) is 5.56 Å². The first-order chi connectivity index (χ1) is 11.9. The van der Waals surface area contributed by atoms with Crippen molar-refractivity contribution in [3.05, 3.63) is 52.3 Å². The number of carbonyl (C=O) groups is 1. The number of likely N-dealkylation sites (N-methyl/N-ethyl adjacent to an activating group) is 1. The first-order valence-corrected chi connectivity index (χ1v) is 8.26. The second kappa shape index (κ2) is 8.71. The van der Waals surface area contributed by atoms with Gasteiger partial charge in [-0.1, -0.05) is 22.0 Å². The summed E-state index contributed by atoms with van der Waals surface area (Å²) in [4.78, 5) is 13.7. The minimum absolute atomic E-state index is 0.0380. The number of halogens is 2. The van der Waals surface area contributed by atoms with Crippen LogP contribution in [0.5, 0.6) is 17.2 Å². The maximum Gasteiger partial charge on any atom is 0.260 e. The van der Waals surface area contributed by atoms with E-state index in [-0.39, 0.29) is 18.3 Å². The molecule has 5 nitrogen and oxygen atoms in total. The number of carbonyl (C=O) groups excluding carboxylic acids is 1. The molecule has 0 N–H and O–H groups in total. The number of amides is 1. The number of hydrogen-bond donors (Lipinski definition) is 0. The van der Waals surface area contributed by atoms with Crippen molar-refractivity contribution in [1.82, 2.24) is 4.90 Å². The summed E-state index contributed by atoms with van der Waals surface area (Å²) in [5.41, 5.74) is 0.878. The first-order valence-electron chi connectivity index (χ1n) is 7.47. The van der Waals surface area contributed by atoms with Crippen molar-refractivity contribution >= 4 is 21.8 Å². The van der Waals surface area contributed by atoms with E-state index >= 15 is 0 Å². The van der Waals surface area contributed by atoms with E-state index < -0.39 is 5.82 Å². The van der Waals surface area contributed by atoms with Crippen LogP contribution >= 0.6 is 15.9 Å². The van der Waals surface area contributed by atoms with Crippen LogP contribution in [0.1, 0.15) is 5.56 Å². The summed E-state index contributed by atoms with van der Waals surface area (Å²) >= 11 is 3.17. The Morgan fingerprint density at radius 1 is 1.08 bits per heavy atom.